The summed E-state index contributed by atoms with van der Waals surface area (Å²) in [4.78, 5) is 26.6. The number of carboxylic acids is 1. The van der Waals surface area contributed by atoms with Crippen molar-refractivity contribution in [2.75, 3.05) is 26.7 Å². The Morgan fingerprint density at radius 3 is 2.75 bits per heavy atom. The van der Waals surface area contributed by atoms with Crippen LogP contribution in [0, 0.1) is 11.6 Å². The molecule has 0 bridgehead atoms. The van der Waals surface area contributed by atoms with Crippen molar-refractivity contribution >= 4 is 11.9 Å². The van der Waals surface area contributed by atoms with Crippen LogP contribution in [0.2, 0.25) is 0 Å². The Balaban J connectivity index is 1.94. The van der Waals surface area contributed by atoms with E-state index in [9.17, 15) is 18.4 Å². The third-order valence-electron chi connectivity index (χ3n) is 4.41. The van der Waals surface area contributed by atoms with Crippen LogP contribution in [0.4, 0.5) is 8.78 Å². The molecule has 0 spiro atoms. The smallest absolute Gasteiger partial charge is 0.317 e. The monoisotopic (exact) mass is 340 g/mol. The highest BCUT2D eigenvalue weighted by Gasteiger charge is 2.24. The number of rotatable bonds is 5. The molecule has 5 nitrogen and oxygen atoms in total. The van der Waals surface area contributed by atoms with Crippen molar-refractivity contribution in [2.24, 2.45) is 0 Å². The highest BCUT2D eigenvalue weighted by atomic mass is 19.1. The highest BCUT2D eigenvalue weighted by Crippen LogP contribution is 2.18. The summed E-state index contributed by atoms with van der Waals surface area (Å²) in [5, 5.41) is 8.87. The van der Waals surface area contributed by atoms with Gasteiger partial charge in [0, 0.05) is 24.7 Å². The number of carbonyl (C=O) groups excluding carboxylic acids is 1. The largest absolute Gasteiger partial charge is 0.480 e. The van der Waals surface area contributed by atoms with Gasteiger partial charge >= 0.3 is 5.97 Å². The molecule has 0 radical (unpaired) electrons. The molecule has 1 N–H and O–H groups in total. The van der Waals surface area contributed by atoms with Gasteiger partial charge in [-0.05, 0) is 44.5 Å². The Morgan fingerprint density at radius 2 is 2.04 bits per heavy atom. The van der Waals surface area contributed by atoms with E-state index in [1.807, 2.05) is 0 Å². The van der Waals surface area contributed by atoms with E-state index >= 15 is 0 Å². The van der Waals surface area contributed by atoms with E-state index in [-0.39, 0.29) is 30.5 Å². The first-order valence-electron chi connectivity index (χ1n) is 8.00. The van der Waals surface area contributed by atoms with Crippen LogP contribution < -0.4 is 0 Å². The molecule has 1 amide bonds. The fourth-order valence-electron chi connectivity index (χ4n) is 3.06. The predicted molar refractivity (Wildman–Crippen MR) is 84.5 cm³/mol. The van der Waals surface area contributed by atoms with Crippen LogP contribution in [0.3, 0.4) is 0 Å². The standard InChI is InChI=1S/C17H22F2N2O3/c1-20(11-17(23)24)14-3-2-7-21(8-6-14)16(22)10-12-9-13(18)4-5-15(12)19/h4-5,9,14H,2-3,6-8,10-11H2,1H3,(H,23,24). The topological polar surface area (TPSA) is 60.9 Å². The van der Waals surface area contributed by atoms with Gasteiger partial charge in [-0.1, -0.05) is 0 Å². The minimum absolute atomic E-state index is 0.0346. The van der Waals surface area contributed by atoms with E-state index < -0.39 is 17.6 Å². The minimum Gasteiger partial charge on any atom is -0.480 e. The van der Waals surface area contributed by atoms with E-state index in [2.05, 4.69) is 0 Å². The van der Waals surface area contributed by atoms with E-state index in [4.69, 9.17) is 5.11 Å². The first-order chi connectivity index (χ1) is 11.4. The number of aliphatic carboxylic acids is 1. The molecule has 7 heteroatoms. The van der Waals surface area contributed by atoms with Crippen molar-refractivity contribution in [3.8, 4) is 0 Å². The van der Waals surface area contributed by atoms with Crippen molar-refractivity contribution in [3.63, 3.8) is 0 Å². The summed E-state index contributed by atoms with van der Waals surface area (Å²) in [5.74, 6) is -2.26. The molecule has 1 unspecified atom stereocenters. The lowest BCUT2D eigenvalue weighted by Gasteiger charge is -2.25. The number of carboxylic acid groups (broad SMARTS) is 1. The second-order valence-corrected chi connectivity index (χ2v) is 6.19. The Labute approximate surface area is 139 Å². The second kappa shape index (κ2) is 8.19. The molecule has 0 saturated carbocycles. The molecule has 132 valence electrons. The van der Waals surface area contributed by atoms with Gasteiger partial charge in [-0.15, -0.1) is 0 Å². The Morgan fingerprint density at radius 1 is 1.29 bits per heavy atom. The Kier molecular flexibility index (Phi) is 6.25. The zero-order chi connectivity index (χ0) is 17.7. The maximum Gasteiger partial charge on any atom is 0.317 e. The van der Waals surface area contributed by atoms with Crippen molar-refractivity contribution in [1.82, 2.24) is 9.80 Å². The molecular formula is C17H22F2N2O3. The Bertz CT molecular complexity index is 609. The summed E-state index contributed by atoms with van der Waals surface area (Å²) in [5.41, 5.74) is 0.0591. The molecule has 0 aromatic heterocycles. The lowest BCUT2D eigenvalue weighted by atomic mass is 10.1. The summed E-state index contributed by atoms with van der Waals surface area (Å²) >= 11 is 0. The van der Waals surface area contributed by atoms with Gasteiger partial charge in [-0.25, -0.2) is 8.78 Å². The van der Waals surface area contributed by atoms with E-state index in [1.54, 1.807) is 16.8 Å². The molecule has 1 aliphatic heterocycles. The molecule has 1 saturated heterocycles. The number of carbonyl (C=O) groups is 2. The van der Waals surface area contributed by atoms with Crippen LogP contribution >= 0.6 is 0 Å². The van der Waals surface area contributed by atoms with Crippen molar-refractivity contribution < 1.29 is 23.5 Å². The second-order valence-electron chi connectivity index (χ2n) is 6.19. The summed E-state index contributed by atoms with van der Waals surface area (Å²) in [6.07, 6.45) is 2.06. The average molecular weight is 340 g/mol. The normalized spacial score (nSPS) is 18.5. The first-order valence-corrected chi connectivity index (χ1v) is 8.00. The van der Waals surface area contributed by atoms with Gasteiger partial charge < -0.3 is 10.0 Å². The van der Waals surface area contributed by atoms with E-state index in [0.29, 0.717) is 19.5 Å². The van der Waals surface area contributed by atoms with Crippen LogP contribution in [0.15, 0.2) is 18.2 Å². The molecule has 1 aromatic carbocycles. The number of amides is 1. The molecule has 0 aliphatic carbocycles. The minimum atomic E-state index is -0.878. The lowest BCUT2D eigenvalue weighted by Crippen LogP contribution is -2.37. The number of nitrogens with zero attached hydrogens (tertiary/aromatic N) is 2. The van der Waals surface area contributed by atoms with Gasteiger partial charge in [0.15, 0.2) is 0 Å². The summed E-state index contributed by atoms with van der Waals surface area (Å²) in [6, 6.07) is 3.20. The zero-order valence-electron chi connectivity index (χ0n) is 13.7. The third kappa shape index (κ3) is 4.99. The number of benzene rings is 1. The quantitative estimate of drug-likeness (QED) is 0.889. The Hall–Kier alpha value is -2.02. The lowest BCUT2D eigenvalue weighted by molar-refractivity contribution is -0.138. The van der Waals surface area contributed by atoms with Gasteiger partial charge in [-0.2, -0.15) is 0 Å². The molecule has 1 atom stereocenters. The third-order valence-corrected chi connectivity index (χ3v) is 4.41. The van der Waals surface area contributed by atoms with E-state index in [0.717, 1.165) is 31.0 Å². The van der Waals surface area contributed by atoms with E-state index in [1.165, 1.54) is 0 Å². The summed E-state index contributed by atoms with van der Waals surface area (Å²) in [7, 11) is 1.76. The predicted octanol–water partition coefficient (Wildman–Crippen LogP) is 1.90. The van der Waals surface area contributed by atoms with Gasteiger partial charge in [0.1, 0.15) is 11.6 Å². The molecule has 1 heterocycles. The average Bonchev–Trinajstić information content (AvgIpc) is 2.76. The first kappa shape index (κ1) is 18.3. The molecule has 1 aromatic rings. The van der Waals surface area contributed by atoms with Crippen molar-refractivity contribution in [2.45, 2.75) is 31.7 Å². The van der Waals surface area contributed by atoms with Crippen LogP contribution in [-0.4, -0.2) is 59.5 Å². The van der Waals surface area contributed by atoms with Crippen LogP contribution in [0.1, 0.15) is 24.8 Å². The molecule has 1 aliphatic rings. The fourth-order valence-corrected chi connectivity index (χ4v) is 3.06. The number of halogens is 2. The summed E-state index contributed by atoms with van der Waals surface area (Å²) in [6.45, 7) is 1.00. The number of likely N-dealkylation sites (tertiary alicyclic amines) is 1. The number of hydrogen-bond donors (Lipinski definition) is 1. The SMILES string of the molecule is CN(CC(=O)O)C1CCCN(C(=O)Cc2cc(F)ccc2F)CC1. The number of likely N-dealkylation sites (N-methyl/N-ethyl adjacent to an activating group) is 1. The zero-order valence-corrected chi connectivity index (χ0v) is 13.7. The molecular weight excluding hydrogens is 318 g/mol. The van der Waals surface area contributed by atoms with Gasteiger partial charge in [-0.3, -0.25) is 14.5 Å². The van der Waals surface area contributed by atoms with Gasteiger partial charge in [0.2, 0.25) is 5.91 Å². The molecule has 1 fully saturated rings. The molecule has 24 heavy (non-hydrogen) atoms. The van der Waals surface area contributed by atoms with Crippen LogP contribution in [0.5, 0.6) is 0 Å². The maximum atomic E-state index is 13.7. The summed E-state index contributed by atoms with van der Waals surface area (Å²) < 4.78 is 26.9. The highest BCUT2D eigenvalue weighted by molar-refractivity contribution is 5.78. The molecule has 2 rings (SSSR count). The van der Waals surface area contributed by atoms with Crippen LogP contribution in [-0.2, 0) is 16.0 Å². The van der Waals surface area contributed by atoms with Gasteiger partial charge in [0.05, 0.1) is 13.0 Å². The van der Waals surface area contributed by atoms with Crippen molar-refractivity contribution in [3.05, 3.63) is 35.4 Å². The fraction of sp³-hybridized carbons (Fsp3) is 0.529. The number of hydrogen-bond acceptors (Lipinski definition) is 3. The van der Waals surface area contributed by atoms with Crippen molar-refractivity contribution in [1.29, 1.82) is 0 Å². The van der Waals surface area contributed by atoms with Crippen LogP contribution in [0.25, 0.3) is 0 Å². The van der Waals surface area contributed by atoms with Gasteiger partial charge in [0.25, 0.3) is 0 Å². The maximum absolute atomic E-state index is 13.7.